The monoisotopic (exact) mass is 530 g/mol. The minimum Gasteiger partial charge on any atom is -0.497 e. The zero-order chi connectivity index (χ0) is 27.9. The fraction of sp³-hybridized carbons (Fsp3) is 0.121. The molecule has 0 radical (unpaired) electrons. The summed E-state index contributed by atoms with van der Waals surface area (Å²) in [4.78, 5) is 33.2. The number of aromatic nitrogens is 2. The summed E-state index contributed by atoms with van der Waals surface area (Å²) in [5.41, 5.74) is 5.01. The largest absolute Gasteiger partial charge is 0.497 e. The summed E-state index contributed by atoms with van der Waals surface area (Å²) in [5.74, 6) is 0.546. The molecule has 0 aliphatic rings. The fourth-order valence-corrected chi connectivity index (χ4v) is 4.38. The average molecular weight is 531 g/mol. The average Bonchev–Trinajstić information content (AvgIpc) is 3.41. The molecule has 1 N–H and O–H groups in total. The molecule has 7 heteroatoms. The summed E-state index contributed by atoms with van der Waals surface area (Å²) in [6, 6.07) is 34.2. The van der Waals surface area contributed by atoms with Gasteiger partial charge in [0.05, 0.1) is 12.8 Å². The summed E-state index contributed by atoms with van der Waals surface area (Å²) in [6.07, 6.45) is 1.89. The first-order chi connectivity index (χ1) is 19.5. The Morgan fingerprint density at radius 2 is 1.50 bits per heavy atom. The van der Waals surface area contributed by atoms with Crippen molar-refractivity contribution < 1.29 is 14.3 Å². The van der Waals surface area contributed by atoms with Crippen LogP contribution in [0.25, 0.3) is 16.9 Å². The van der Waals surface area contributed by atoms with Crippen molar-refractivity contribution in [3.8, 4) is 22.7 Å². The molecule has 200 valence electrons. The molecule has 40 heavy (non-hydrogen) atoms. The van der Waals surface area contributed by atoms with Crippen LogP contribution in [0.3, 0.4) is 0 Å². The van der Waals surface area contributed by atoms with Gasteiger partial charge in [0.1, 0.15) is 12.3 Å². The van der Waals surface area contributed by atoms with Crippen molar-refractivity contribution in [3.63, 3.8) is 0 Å². The number of carbonyl (C=O) groups is 2. The van der Waals surface area contributed by atoms with E-state index in [0.717, 1.165) is 28.1 Å². The molecule has 5 aromatic rings. The second kappa shape index (κ2) is 12.1. The lowest BCUT2D eigenvalue weighted by Gasteiger charge is -2.22. The molecule has 0 saturated heterocycles. The molecule has 7 nitrogen and oxygen atoms in total. The number of methoxy groups -OCH3 is 1. The highest BCUT2D eigenvalue weighted by atomic mass is 16.5. The number of benzene rings is 4. The van der Waals surface area contributed by atoms with E-state index in [1.807, 2.05) is 115 Å². The summed E-state index contributed by atoms with van der Waals surface area (Å²) >= 11 is 0. The summed E-state index contributed by atoms with van der Waals surface area (Å²) in [7, 11) is 1.62. The van der Waals surface area contributed by atoms with Gasteiger partial charge in [0.2, 0.25) is 11.9 Å². The van der Waals surface area contributed by atoms with Crippen LogP contribution < -0.4 is 10.1 Å². The van der Waals surface area contributed by atoms with Crippen molar-refractivity contribution in [1.82, 2.24) is 14.5 Å². The van der Waals surface area contributed by atoms with Gasteiger partial charge in [-0.1, -0.05) is 66.2 Å². The molecule has 5 rings (SSSR count). The zero-order valence-corrected chi connectivity index (χ0v) is 22.5. The molecule has 2 amide bonds. The molecule has 4 aromatic carbocycles. The van der Waals surface area contributed by atoms with Gasteiger partial charge in [-0.15, -0.1) is 0 Å². The second-order valence-corrected chi connectivity index (χ2v) is 9.44. The highest BCUT2D eigenvalue weighted by Gasteiger charge is 2.21. The number of ether oxygens (including phenoxy) is 1. The standard InChI is InChI=1S/C33H30N4O3/c1-24-13-17-28(18-14-24)37-22-30(26-15-19-29(40-2)20-16-26)34-33(37)35-31(38)23-36(21-25-9-5-3-6-10-25)32(39)27-11-7-4-8-12-27/h3-20,22H,21,23H2,1-2H3,(H,34,35,38). The lowest BCUT2D eigenvalue weighted by atomic mass is 10.1. The number of rotatable bonds is 9. The molecule has 0 bridgehead atoms. The van der Waals surface area contributed by atoms with Crippen molar-refractivity contribution >= 4 is 17.8 Å². The predicted octanol–water partition coefficient (Wildman–Crippen LogP) is 6.14. The van der Waals surface area contributed by atoms with Crippen LogP contribution in [0, 0.1) is 6.92 Å². The van der Waals surface area contributed by atoms with E-state index in [2.05, 4.69) is 5.32 Å². The molecule has 0 aliphatic heterocycles. The molecule has 0 saturated carbocycles. The highest BCUT2D eigenvalue weighted by Crippen LogP contribution is 2.26. The van der Waals surface area contributed by atoms with Gasteiger partial charge in [-0.3, -0.25) is 19.5 Å². The van der Waals surface area contributed by atoms with E-state index in [1.54, 1.807) is 24.1 Å². The Kier molecular flexibility index (Phi) is 8.02. The molecule has 1 heterocycles. The number of amides is 2. The lowest BCUT2D eigenvalue weighted by molar-refractivity contribution is -0.117. The third-order valence-electron chi connectivity index (χ3n) is 6.51. The zero-order valence-electron chi connectivity index (χ0n) is 22.5. The maximum Gasteiger partial charge on any atom is 0.254 e. The Bertz CT molecular complexity index is 1580. The Balaban J connectivity index is 1.43. The molecular formula is C33H30N4O3. The SMILES string of the molecule is COc1ccc(-c2cn(-c3ccc(C)cc3)c(NC(=O)CN(Cc3ccccc3)C(=O)c3ccccc3)n2)cc1. The van der Waals surface area contributed by atoms with E-state index in [1.165, 1.54) is 0 Å². The Morgan fingerprint density at radius 3 is 2.15 bits per heavy atom. The number of nitrogens with one attached hydrogen (secondary N) is 1. The van der Waals surface area contributed by atoms with E-state index in [4.69, 9.17) is 9.72 Å². The van der Waals surface area contributed by atoms with Crippen molar-refractivity contribution in [2.45, 2.75) is 13.5 Å². The number of aryl methyl sites for hydroxylation is 1. The summed E-state index contributed by atoms with van der Waals surface area (Å²) in [6.45, 7) is 2.18. The number of hydrogen-bond acceptors (Lipinski definition) is 4. The Labute approximate surface area is 233 Å². The normalized spacial score (nSPS) is 10.7. The van der Waals surface area contributed by atoms with Crippen LogP contribution in [0.5, 0.6) is 5.75 Å². The first-order valence-corrected chi connectivity index (χ1v) is 13.0. The molecule has 0 unspecified atom stereocenters. The summed E-state index contributed by atoms with van der Waals surface area (Å²) < 4.78 is 7.13. The number of nitrogens with zero attached hydrogens (tertiary/aromatic N) is 3. The second-order valence-electron chi connectivity index (χ2n) is 9.44. The minimum atomic E-state index is -0.347. The third kappa shape index (κ3) is 6.27. The van der Waals surface area contributed by atoms with Gasteiger partial charge in [0, 0.05) is 29.6 Å². The molecule has 0 atom stereocenters. The van der Waals surface area contributed by atoms with Gasteiger partial charge in [0.15, 0.2) is 0 Å². The molecule has 0 spiro atoms. The number of anilines is 1. The third-order valence-corrected chi connectivity index (χ3v) is 6.51. The Morgan fingerprint density at radius 1 is 0.850 bits per heavy atom. The molecular weight excluding hydrogens is 500 g/mol. The number of carbonyl (C=O) groups excluding carboxylic acids is 2. The minimum absolute atomic E-state index is 0.138. The lowest BCUT2D eigenvalue weighted by Crippen LogP contribution is -2.38. The molecule has 0 aliphatic carbocycles. The van der Waals surface area contributed by atoms with Crippen LogP contribution in [0.1, 0.15) is 21.5 Å². The van der Waals surface area contributed by atoms with Crippen LogP contribution in [0.4, 0.5) is 5.95 Å². The predicted molar refractivity (Wildman–Crippen MR) is 157 cm³/mol. The van der Waals surface area contributed by atoms with Gasteiger partial charge >= 0.3 is 0 Å². The molecule has 0 fully saturated rings. The highest BCUT2D eigenvalue weighted by molar-refractivity contribution is 5.99. The number of imidazole rings is 1. The van der Waals surface area contributed by atoms with Crippen LogP contribution in [-0.4, -0.2) is 39.9 Å². The van der Waals surface area contributed by atoms with E-state index >= 15 is 0 Å². The van der Waals surface area contributed by atoms with Crippen molar-refractivity contribution in [2.24, 2.45) is 0 Å². The van der Waals surface area contributed by atoms with Gasteiger partial charge in [-0.25, -0.2) is 4.98 Å². The Hall–Kier alpha value is -5.17. The van der Waals surface area contributed by atoms with Crippen molar-refractivity contribution in [2.75, 3.05) is 19.0 Å². The van der Waals surface area contributed by atoms with Gasteiger partial charge in [-0.05, 0) is 61.0 Å². The quantitative estimate of drug-likeness (QED) is 0.248. The van der Waals surface area contributed by atoms with Crippen LogP contribution in [0.15, 0.2) is 115 Å². The first kappa shape index (κ1) is 26.4. The van der Waals surface area contributed by atoms with Crippen molar-refractivity contribution in [1.29, 1.82) is 0 Å². The smallest absolute Gasteiger partial charge is 0.254 e. The van der Waals surface area contributed by atoms with Crippen LogP contribution in [-0.2, 0) is 11.3 Å². The van der Waals surface area contributed by atoms with Crippen molar-refractivity contribution in [3.05, 3.63) is 132 Å². The fourth-order valence-electron chi connectivity index (χ4n) is 4.38. The topological polar surface area (TPSA) is 76.5 Å². The maximum atomic E-state index is 13.4. The van der Waals surface area contributed by atoms with E-state index < -0.39 is 0 Å². The summed E-state index contributed by atoms with van der Waals surface area (Å²) in [5, 5.41) is 2.95. The first-order valence-electron chi connectivity index (χ1n) is 13.0. The van der Waals surface area contributed by atoms with Gasteiger partial charge in [0.25, 0.3) is 5.91 Å². The van der Waals surface area contributed by atoms with Crippen LogP contribution in [0.2, 0.25) is 0 Å². The van der Waals surface area contributed by atoms with Gasteiger partial charge < -0.3 is 9.64 Å². The van der Waals surface area contributed by atoms with E-state index in [0.29, 0.717) is 23.8 Å². The van der Waals surface area contributed by atoms with E-state index in [-0.39, 0.29) is 18.4 Å². The number of hydrogen-bond donors (Lipinski definition) is 1. The maximum absolute atomic E-state index is 13.4. The van der Waals surface area contributed by atoms with E-state index in [9.17, 15) is 9.59 Å². The van der Waals surface area contributed by atoms with Crippen LogP contribution >= 0.6 is 0 Å². The van der Waals surface area contributed by atoms with Gasteiger partial charge in [-0.2, -0.15) is 0 Å². The molecule has 1 aromatic heterocycles.